The van der Waals surface area contributed by atoms with Crippen LogP contribution < -0.4 is 5.32 Å². The Balaban J connectivity index is 2.83. The first kappa shape index (κ1) is 13.7. The molecule has 0 amide bonds. The first-order valence-corrected chi connectivity index (χ1v) is 6.11. The van der Waals surface area contributed by atoms with Crippen LogP contribution in [0.15, 0.2) is 18.2 Å². The van der Waals surface area contributed by atoms with E-state index in [4.69, 9.17) is 6.42 Å². The molecule has 0 heterocycles. The van der Waals surface area contributed by atoms with Gasteiger partial charge in [-0.25, -0.2) is 4.39 Å². The molecule has 0 aliphatic carbocycles. The molecule has 0 spiro atoms. The van der Waals surface area contributed by atoms with Crippen LogP contribution in [0, 0.1) is 25.1 Å². The summed E-state index contributed by atoms with van der Waals surface area (Å²) in [4.78, 5) is 0. The maximum atomic E-state index is 13.4. The van der Waals surface area contributed by atoms with E-state index < -0.39 is 0 Å². The van der Waals surface area contributed by atoms with Gasteiger partial charge < -0.3 is 5.32 Å². The van der Waals surface area contributed by atoms with Crippen molar-refractivity contribution in [3.8, 4) is 12.3 Å². The average molecular weight is 233 g/mol. The number of nitrogens with one attached hydrogen (secondary N) is 1. The topological polar surface area (TPSA) is 12.0 Å². The van der Waals surface area contributed by atoms with Crippen LogP contribution in [0.25, 0.3) is 0 Å². The molecule has 1 rings (SSSR count). The number of halogens is 1. The first-order chi connectivity index (χ1) is 8.17. The molecule has 0 aliphatic rings. The van der Waals surface area contributed by atoms with E-state index in [1.165, 1.54) is 0 Å². The molecule has 0 aromatic heterocycles. The third-order valence-electron chi connectivity index (χ3n) is 2.68. The zero-order valence-corrected chi connectivity index (χ0v) is 10.6. The van der Waals surface area contributed by atoms with E-state index in [2.05, 4.69) is 18.2 Å². The number of rotatable bonds is 6. The van der Waals surface area contributed by atoms with E-state index in [9.17, 15) is 4.39 Å². The van der Waals surface area contributed by atoms with Gasteiger partial charge in [-0.15, -0.1) is 12.3 Å². The van der Waals surface area contributed by atoms with Crippen LogP contribution in [-0.2, 0) is 0 Å². The summed E-state index contributed by atoms with van der Waals surface area (Å²) in [5.74, 6) is 2.46. The summed E-state index contributed by atoms with van der Waals surface area (Å²) in [7, 11) is 0. The highest BCUT2D eigenvalue weighted by Gasteiger charge is 2.11. The molecule has 0 radical (unpaired) electrons. The van der Waals surface area contributed by atoms with Gasteiger partial charge in [0.05, 0.1) is 0 Å². The monoisotopic (exact) mass is 233 g/mol. The van der Waals surface area contributed by atoms with E-state index in [-0.39, 0.29) is 11.9 Å². The normalized spacial score (nSPS) is 12.1. The minimum absolute atomic E-state index is 0.153. The molecule has 0 saturated heterocycles. The quantitative estimate of drug-likeness (QED) is 0.740. The first-order valence-electron chi connectivity index (χ1n) is 6.11. The van der Waals surface area contributed by atoms with Crippen LogP contribution in [0.5, 0.6) is 0 Å². The lowest BCUT2D eigenvalue weighted by atomic mass is 10.00. The summed E-state index contributed by atoms with van der Waals surface area (Å²) < 4.78 is 13.4. The van der Waals surface area contributed by atoms with Gasteiger partial charge in [0.2, 0.25) is 0 Å². The smallest absolute Gasteiger partial charge is 0.123 e. The maximum absolute atomic E-state index is 13.4. The van der Waals surface area contributed by atoms with Crippen LogP contribution in [-0.4, -0.2) is 6.54 Å². The van der Waals surface area contributed by atoms with E-state index in [1.54, 1.807) is 12.1 Å². The molecule has 0 bridgehead atoms. The number of hydrogen-bond donors (Lipinski definition) is 1. The molecular formula is C15H20FN. The molecule has 0 fully saturated rings. The Morgan fingerprint density at radius 2 is 2.18 bits per heavy atom. The van der Waals surface area contributed by atoms with Crippen molar-refractivity contribution in [3.05, 3.63) is 35.1 Å². The Bertz CT molecular complexity index is 372. The van der Waals surface area contributed by atoms with Gasteiger partial charge in [0.25, 0.3) is 0 Å². The predicted octanol–water partition coefficient (Wildman–Crippen LogP) is 3.59. The standard InChI is InChI=1S/C15H20FN/c1-4-6-7-15(17-8-5-2)13-9-12(3)10-14(16)11-13/h1,9-11,15,17H,5-8H2,2-3H3. The third kappa shape index (κ3) is 4.58. The van der Waals surface area contributed by atoms with Crippen LogP contribution in [0.2, 0.25) is 0 Å². The Morgan fingerprint density at radius 1 is 1.41 bits per heavy atom. The molecule has 1 nitrogen and oxygen atoms in total. The molecule has 0 saturated carbocycles. The summed E-state index contributed by atoms with van der Waals surface area (Å²) in [5, 5.41) is 3.41. The highest BCUT2D eigenvalue weighted by Crippen LogP contribution is 2.20. The average Bonchev–Trinajstić information content (AvgIpc) is 2.28. The van der Waals surface area contributed by atoms with E-state index >= 15 is 0 Å². The van der Waals surface area contributed by atoms with Gasteiger partial charge in [0.15, 0.2) is 0 Å². The molecule has 0 aliphatic heterocycles. The summed E-state index contributed by atoms with van der Waals surface area (Å²) in [6.45, 7) is 4.94. The summed E-state index contributed by atoms with van der Waals surface area (Å²) in [6.07, 6.45) is 7.90. The van der Waals surface area contributed by atoms with Crippen molar-refractivity contribution >= 4 is 0 Å². The van der Waals surface area contributed by atoms with Crippen molar-refractivity contribution in [1.29, 1.82) is 0 Å². The number of hydrogen-bond acceptors (Lipinski definition) is 1. The van der Waals surface area contributed by atoms with Crippen LogP contribution >= 0.6 is 0 Å². The lowest BCUT2D eigenvalue weighted by molar-refractivity contribution is 0.501. The fraction of sp³-hybridized carbons (Fsp3) is 0.467. The van der Waals surface area contributed by atoms with Crippen molar-refractivity contribution < 1.29 is 4.39 Å². The number of aryl methyl sites for hydroxylation is 1. The second-order valence-corrected chi connectivity index (χ2v) is 4.31. The van der Waals surface area contributed by atoms with Gasteiger partial charge in [-0.3, -0.25) is 0 Å². The molecular weight excluding hydrogens is 213 g/mol. The Hall–Kier alpha value is -1.33. The lowest BCUT2D eigenvalue weighted by Crippen LogP contribution is -2.22. The molecule has 1 aromatic carbocycles. The van der Waals surface area contributed by atoms with Crippen LogP contribution in [0.1, 0.15) is 43.4 Å². The van der Waals surface area contributed by atoms with E-state index in [0.29, 0.717) is 6.42 Å². The second-order valence-electron chi connectivity index (χ2n) is 4.31. The Morgan fingerprint density at radius 3 is 2.76 bits per heavy atom. The van der Waals surface area contributed by atoms with Crippen LogP contribution in [0.4, 0.5) is 4.39 Å². The summed E-state index contributed by atoms with van der Waals surface area (Å²) in [5.41, 5.74) is 1.94. The van der Waals surface area contributed by atoms with Crippen molar-refractivity contribution in [2.24, 2.45) is 0 Å². The van der Waals surface area contributed by atoms with Gasteiger partial charge in [0.1, 0.15) is 5.82 Å². The molecule has 92 valence electrons. The van der Waals surface area contributed by atoms with Gasteiger partial charge in [-0.1, -0.05) is 13.0 Å². The summed E-state index contributed by atoms with van der Waals surface area (Å²) in [6, 6.07) is 5.31. The molecule has 1 N–H and O–H groups in total. The van der Waals surface area contributed by atoms with Gasteiger partial charge in [0, 0.05) is 12.5 Å². The maximum Gasteiger partial charge on any atom is 0.123 e. The predicted molar refractivity (Wildman–Crippen MR) is 70.2 cm³/mol. The number of benzene rings is 1. The fourth-order valence-electron chi connectivity index (χ4n) is 1.90. The minimum atomic E-state index is -0.177. The Kier molecular flexibility index (Phi) is 5.72. The van der Waals surface area contributed by atoms with Gasteiger partial charge in [-0.05, 0) is 49.6 Å². The van der Waals surface area contributed by atoms with Gasteiger partial charge in [-0.2, -0.15) is 0 Å². The van der Waals surface area contributed by atoms with Gasteiger partial charge >= 0.3 is 0 Å². The molecule has 2 heteroatoms. The van der Waals surface area contributed by atoms with Crippen molar-refractivity contribution in [1.82, 2.24) is 5.32 Å². The highest BCUT2D eigenvalue weighted by atomic mass is 19.1. The largest absolute Gasteiger partial charge is 0.310 e. The zero-order chi connectivity index (χ0) is 12.7. The second kappa shape index (κ2) is 7.09. The molecule has 17 heavy (non-hydrogen) atoms. The van der Waals surface area contributed by atoms with Crippen LogP contribution in [0.3, 0.4) is 0 Å². The highest BCUT2D eigenvalue weighted by molar-refractivity contribution is 5.26. The lowest BCUT2D eigenvalue weighted by Gasteiger charge is -2.18. The minimum Gasteiger partial charge on any atom is -0.310 e. The van der Waals surface area contributed by atoms with Crippen molar-refractivity contribution in [2.75, 3.05) is 6.54 Å². The third-order valence-corrected chi connectivity index (χ3v) is 2.68. The van der Waals surface area contributed by atoms with E-state index in [0.717, 1.165) is 30.5 Å². The Labute approximate surface area is 103 Å². The summed E-state index contributed by atoms with van der Waals surface area (Å²) >= 11 is 0. The SMILES string of the molecule is C#CCCC(NCCC)c1cc(C)cc(F)c1. The number of terminal acetylenes is 1. The molecule has 1 atom stereocenters. The molecule has 1 unspecified atom stereocenters. The fourth-order valence-corrected chi connectivity index (χ4v) is 1.90. The zero-order valence-electron chi connectivity index (χ0n) is 10.6. The molecule has 1 aromatic rings. The van der Waals surface area contributed by atoms with Crippen molar-refractivity contribution in [3.63, 3.8) is 0 Å². The van der Waals surface area contributed by atoms with Crippen molar-refractivity contribution in [2.45, 2.75) is 39.2 Å². The van der Waals surface area contributed by atoms with E-state index in [1.807, 2.05) is 13.0 Å².